The van der Waals surface area contributed by atoms with Crippen LogP contribution in [0.25, 0.3) is 21.2 Å². The predicted octanol–water partition coefficient (Wildman–Crippen LogP) is 5.31. The molecule has 2 aromatic carbocycles. The number of hydrogen-bond donors (Lipinski definition) is 0. The van der Waals surface area contributed by atoms with Gasteiger partial charge in [-0.15, -0.1) is 22.9 Å². The quantitative estimate of drug-likeness (QED) is 0.547. The normalized spacial score (nSPS) is 10.9. The lowest BCUT2D eigenvalue weighted by atomic mass is 10.0. The van der Waals surface area contributed by atoms with Gasteiger partial charge in [-0.25, -0.2) is 0 Å². The van der Waals surface area contributed by atoms with Crippen LogP contribution in [0.1, 0.15) is 5.56 Å². The molecule has 2 heteroatoms. The molecule has 0 aliphatic carbocycles. The van der Waals surface area contributed by atoms with E-state index in [0.29, 0.717) is 5.88 Å². The van der Waals surface area contributed by atoms with E-state index >= 15 is 0 Å². The van der Waals surface area contributed by atoms with Gasteiger partial charge in [0, 0.05) is 10.6 Å². The molecule has 0 aliphatic rings. The molecule has 3 aromatic rings. The first kappa shape index (κ1) is 10.8. The van der Waals surface area contributed by atoms with Crippen LogP contribution >= 0.6 is 22.9 Å². The molecule has 0 saturated heterocycles. The van der Waals surface area contributed by atoms with Gasteiger partial charge in [-0.1, -0.05) is 36.4 Å². The Hall–Kier alpha value is -1.31. The van der Waals surface area contributed by atoms with E-state index in [1.807, 2.05) is 6.07 Å². The van der Waals surface area contributed by atoms with Crippen molar-refractivity contribution in [2.45, 2.75) is 5.88 Å². The van der Waals surface area contributed by atoms with Gasteiger partial charge in [0.05, 0.1) is 0 Å². The molecule has 0 unspecified atom stereocenters. The van der Waals surface area contributed by atoms with Crippen molar-refractivity contribution in [1.82, 2.24) is 0 Å². The maximum absolute atomic E-state index is 5.95. The van der Waals surface area contributed by atoms with Crippen molar-refractivity contribution in [1.29, 1.82) is 0 Å². The predicted molar refractivity (Wildman–Crippen MR) is 76.8 cm³/mol. The number of benzene rings is 2. The van der Waals surface area contributed by atoms with Gasteiger partial charge in [0.1, 0.15) is 0 Å². The highest BCUT2D eigenvalue weighted by atomic mass is 35.5. The molecule has 3 rings (SSSR count). The lowest BCUT2D eigenvalue weighted by Gasteiger charge is -2.02. The Morgan fingerprint density at radius 2 is 1.76 bits per heavy atom. The maximum atomic E-state index is 5.95. The zero-order valence-corrected chi connectivity index (χ0v) is 10.8. The Labute approximate surface area is 109 Å². The molecule has 17 heavy (non-hydrogen) atoms. The van der Waals surface area contributed by atoms with E-state index in [1.165, 1.54) is 26.8 Å². The molecule has 0 spiro atoms. The number of fused-ring (bicyclic) bond motifs is 1. The first-order valence-electron chi connectivity index (χ1n) is 5.50. The Kier molecular flexibility index (Phi) is 2.87. The highest BCUT2D eigenvalue weighted by Gasteiger charge is 2.05. The van der Waals surface area contributed by atoms with Crippen molar-refractivity contribution in [2.75, 3.05) is 0 Å². The molecule has 0 radical (unpaired) electrons. The van der Waals surface area contributed by atoms with Crippen LogP contribution in [0.15, 0.2) is 53.9 Å². The van der Waals surface area contributed by atoms with Crippen molar-refractivity contribution in [3.8, 4) is 11.1 Å². The van der Waals surface area contributed by atoms with Gasteiger partial charge >= 0.3 is 0 Å². The summed E-state index contributed by atoms with van der Waals surface area (Å²) >= 11 is 7.71. The van der Waals surface area contributed by atoms with Gasteiger partial charge in [0.25, 0.3) is 0 Å². The van der Waals surface area contributed by atoms with E-state index < -0.39 is 0 Å². The summed E-state index contributed by atoms with van der Waals surface area (Å²) in [6, 6.07) is 17.0. The first-order valence-corrected chi connectivity index (χ1v) is 6.91. The van der Waals surface area contributed by atoms with E-state index in [0.717, 1.165) is 0 Å². The van der Waals surface area contributed by atoms with Crippen molar-refractivity contribution in [2.24, 2.45) is 0 Å². The monoisotopic (exact) mass is 258 g/mol. The van der Waals surface area contributed by atoms with E-state index in [2.05, 4.69) is 47.8 Å². The van der Waals surface area contributed by atoms with E-state index in [-0.39, 0.29) is 0 Å². The van der Waals surface area contributed by atoms with Crippen LogP contribution in [0.5, 0.6) is 0 Å². The number of rotatable bonds is 2. The van der Waals surface area contributed by atoms with Crippen molar-refractivity contribution in [3.63, 3.8) is 0 Å². The molecule has 0 amide bonds. The average molecular weight is 259 g/mol. The molecule has 84 valence electrons. The van der Waals surface area contributed by atoms with Gasteiger partial charge in [0.2, 0.25) is 0 Å². The summed E-state index contributed by atoms with van der Waals surface area (Å²) in [4.78, 5) is 0. The zero-order chi connectivity index (χ0) is 11.7. The van der Waals surface area contributed by atoms with Crippen LogP contribution in [0.4, 0.5) is 0 Å². The summed E-state index contributed by atoms with van der Waals surface area (Å²) in [5, 5.41) is 3.43. The van der Waals surface area contributed by atoms with Crippen LogP contribution in [-0.2, 0) is 5.88 Å². The lowest BCUT2D eigenvalue weighted by Crippen LogP contribution is -1.78. The Bertz CT molecular complexity index is 640. The fraction of sp³-hybridized carbons (Fsp3) is 0.0667. The minimum absolute atomic E-state index is 0.582. The Morgan fingerprint density at radius 3 is 2.53 bits per heavy atom. The molecule has 0 N–H and O–H groups in total. The molecule has 1 aromatic heterocycles. The van der Waals surface area contributed by atoms with Crippen molar-refractivity contribution < 1.29 is 0 Å². The number of hydrogen-bond acceptors (Lipinski definition) is 1. The fourth-order valence-corrected chi connectivity index (χ4v) is 3.25. The highest BCUT2D eigenvalue weighted by Crippen LogP contribution is 2.31. The second-order valence-electron chi connectivity index (χ2n) is 3.97. The van der Waals surface area contributed by atoms with Crippen LogP contribution < -0.4 is 0 Å². The standard InChI is InChI=1S/C15H11ClS/c16-9-13-10-17-15-7-6-12(8-14(13)15)11-4-2-1-3-5-11/h1-8,10H,9H2. The van der Waals surface area contributed by atoms with E-state index in [1.54, 1.807) is 11.3 Å². The number of alkyl halides is 1. The van der Waals surface area contributed by atoms with Crippen LogP contribution in [0.2, 0.25) is 0 Å². The SMILES string of the molecule is ClCc1csc2ccc(-c3ccccc3)cc12. The minimum Gasteiger partial charge on any atom is -0.143 e. The minimum atomic E-state index is 0.582. The second kappa shape index (κ2) is 4.52. The van der Waals surface area contributed by atoms with E-state index in [9.17, 15) is 0 Å². The summed E-state index contributed by atoms with van der Waals surface area (Å²) in [5.74, 6) is 0.582. The number of halogens is 1. The van der Waals surface area contributed by atoms with Gasteiger partial charge in [0.15, 0.2) is 0 Å². The van der Waals surface area contributed by atoms with E-state index in [4.69, 9.17) is 11.6 Å². The van der Waals surface area contributed by atoms with Crippen molar-refractivity contribution in [3.05, 3.63) is 59.5 Å². The van der Waals surface area contributed by atoms with Gasteiger partial charge < -0.3 is 0 Å². The third kappa shape index (κ3) is 1.97. The first-order chi connectivity index (χ1) is 8.38. The molecular weight excluding hydrogens is 248 g/mol. The summed E-state index contributed by atoms with van der Waals surface area (Å²) in [6.07, 6.45) is 0. The van der Waals surface area contributed by atoms with Gasteiger partial charge in [-0.05, 0) is 39.6 Å². The Balaban J connectivity index is 2.19. The molecule has 0 atom stereocenters. The third-order valence-corrected chi connectivity index (χ3v) is 4.20. The fourth-order valence-electron chi connectivity index (χ4n) is 2.00. The summed E-state index contributed by atoms with van der Waals surface area (Å²) < 4.78 is 1.31. The molecule has 0 aliphatic heterocycles. The number of thiophene rings is 1. The smallest absolute Gasteiger partial charge is 0.0488 e. The summed E-state index contributed by atoms with van der Waals surface area (Å²) in [5.41, 5.74) is 3.73. The summed E-state index contributed by atoms with van der Waals surface area (Å²) in [6.45, 7) is 0. The summed E-state index contributed by atoms with van der Waals surface area (Å²) in [7, 11) is 0. The Morgan fingerprint density at radius 1 is 0.941 bits per heavy atom. The second-order valence-corrected chi connectivity index (χ2v) is 5.15. The molecule has 1 heterocycles. The van der Waals surface area contributed by atoms with Crippen molar-refractivity contribution >= 4 is 33.0 Å². The zero-order valence-electron chi connectivity index (χ0n) is 9.19. The average Bonchev–Trinajstić information content (AvgIpc) is 2.81. The molecule has 0 saturated carbocycles. The lowest BCUT2D eigenvalue weighted by molar-refractivity contribution is 1.50. The van der Waals surface area contributed by atoms with Gasteiger partial charge in [-0.3, -0.25) is 0 Å². The van der Waals surface area contributed by atoms with Gasteiger partial charge in [-0.2, -0.15) is 0 Å². The third-order valence-electron chi connectivity index (χ3n) is 2.90. The van der Waals surface area contributed by atoms with Crippen LogP contribution in [0.3, 0.4) is 0 Å². The molecule has 0 bridgehead atoms. The molecule has 0 nitrogen and oxygen atoms in total. The highest BCUT2D eigenvalue weighted by molar-refractivity contribution is 7.17. The topological polar surface area (TPSA) is 0 Å². The maximum Gasteiger partial charge on any atom is 0.0488 e. The van der Waals surface area contributed by atoms with Crippen LogP contribution in [0, 0.1) is 0 Å². The molecule has 0 fully saturated rings. The molecular formula is C15H11ClS. The van der Waals surface area contributed by atoms with Crippen LogP contribution in [-0.4, -0.2) is 0 Å². The largest absolute Gasteiger partial charge is 0.143 e.